The first kappa shape index (κ1) is 12.8. The predicted molar refractivity (Wildman–Crippen MR) is 73.0 cm³/mol. The molecule has 2 aromatic rings. The number of rotatable bonds is 3. The van der Waals surface area contributed by atoms with Gasteiger partial charge in [-0.25, -0.2) is 9.78 Å². The van der Waals surface area contributed by atoms with Crippen LogP contribution in [0.15, 0.2) is 24.3 Å². The van der Waals surface area contributed by atoms with Gasteiger partial charge in [0.2, 0.25) is 0 Å². The number of aryl methyl sites for hydroxylation is 2. The summed E-state index contributed by atoms with van der Waals surface area (Å²) in [5, 5.41) is 0.869. The highest BCUT2D eigenvalue weighted by atomic mass is 32.1. The summed E-state index contributed by atoms with van der Waals surface area (Å²) in [5.41, 5.74) is 2.62. The second-order valence-electron chi connectivity index (χ2n) is 4.00. The van der Waals surface area contributed by atoms with Gasteiger partial charge in [-0.15, -0.1) is 11.3 Å². The molecular weight excluding hydrogens is 246 g/mol. The number of aromatic nitrogens is 1. The normalized spacial score (nSPS) is 10.4. The Morgan fingerprint density at radius 3 is 2.56 bits per heavy atom. The molecule has 0 aliphatic rings. The first-order valence-electron chi connectivity index (χ1n) is 5.83. The summed E-state index contributed by atoms with van der Waals surface area (Å²) in [4.78, 5) is 17.0. The lowest BCUT2D eigenvalue weighted by molar-refractivity contribution is 0.0521. The maximum atomic E-state index is 11.8. The third-order valence-corrected chi connectivity index (χ3v) is 3.54. The molecule has 0 saturated heterocycles. The van der Waals surface area contributed by atoms with Gasteiger partial charge in [0.1, 0.15) is 0 Å². The van der Waals surface area contributed by atoms with E-state index in [4.69, 9.17) is 4.74 Å². The van der Waals surface area contributed by atoms with Crippen molar-refractivity contribution in [1.29, 1.82) is 0 Å². The van der Waals surface area contributed by atoms with E-state index >= 15 is 0 Å². The van der Waals surface area contributed by atoms with Crippen molar-refractivity contribution in [3.8, 4) is 10.4 Å². The van der Waals surface area contributed by atoms with E-state index in [0.29, 0.717) is 12.3 Å². The van der Waals surface area contributed by atoms with Gasteiger partial charge in [0.15, 0.2) is 5.69 Å². The zero-order valence-corrected chi connectivity index (χ0v) is 11.5. The summed E-state index contributed by atoms with van der Waals surface area (Å²) in [6.07, 6.45) is 0. The summed E-state index contributed by atoms with van der Waals surface area (Å²) in [5.74, 6) is -0.350. The van der Waals surface area contributed by atoms with E-state index in [1.165, 1.54) is 16.9 Å². The van der Waals surface area contributed by atoms with Crippen LogP contribution in [0.3, 0.4) is 0 Å². The second-order valence-corrected chi connectivity index (χ2v) is 5.20. The van der Waals surface area contributed by atoms with E-state index in [-0.39, 0.29) is 5.97 Å². The lowest BCUT2D eigenvalue weighted by atomic mass is 10.1. The summed E-state index contributed by atoms with van der Waals surface area (Å²) in [7, 11) is 0. The number of thiazole rings is 1. The molecular formula is C14H15NO2S. The maximum Gasteiger partial charge on any atom is 0.358 e. The molecule has 0 amide bonds. The number of esters is 1. The fraction of sp³-hybridized carbons (Fsp3) is 0.286. The SMILES string of the molecule is CCOC(=O)c1nc(C)sc1-c1ccc(C)cc1. The number of nitrogens with zero attached hydrogens (tertiary/aromatic N) is 1. The fourth-order valence-electron chi connectivity index (χ4n) is 1.67. The summed E-state index contributed by atoms with van der Waals surface area (Å²) < 4.78 is 5.03. The monoisotopic (exact) mass is 261 g/mol. The number of hydrogen-bond donors (Lipinski definition) is 0. The van der Waals surface area contributed by atoms with Crippen LogP contribution in [0.2, 0.25) is 0 Å². The average molecular weight is 261 g/mol. The zero-order valence-electron chi connectivity index (χ0n) is 10.7. The Bertz CT molecular complexity index is 558. The summed E-state index contributed by atoms with van der Waals surface area (Å²) >= 11 is 1.52. The van der Waals surface area contributed by atoms with Crippen molar-refractivity contribution in [2.24, 2.45) is 0 Å². The highest BCUT2D eigenvalue weighted by Gasteiger charge is 2.19. The van der Waals surface area contributed by atoms with Crippen LogP contribution in [-0.4, -0.2) is 17.6 Å². The molecule has 1 heterocycles. The Labute approximate surface area is 110 Å². The van der Waals surface area contributed by atoms with Crippen molar-refractivity contribution >= 4 is 17.3 Å². The van der Waals surface area contributed by atoms with Crippen LogP contribution >= 0.6 is 11.3 Å². The average Bonchev–Trinajstić information content (AvgIpc) is 2.73. The number of carbonyl (C=O) groups excluding carboxylic acids is 1. The van der Waals surface area contributed by atoms with Crippen LogP contribution in [0.5, 0.6) is 0 Å². The predicted octanol–water partition coefficient (Wildman–Crippen LogP) is 3.60. The third-order valence-electron chi connectivity index (χ3n) is 2.52. The maximum absolute atomic E-state index is 11.8. The lowest BCUT2D eigenvalue weighted by Gasteiger charge is -2.02. The van der Waals surface area contributed by atoms with E-state index < -0.39 is 0 Å². The Morgan fingerprint density at radius 2 is 1.94 bits per heavy atom. The molecule has 0 N–H and O–H groups in total. The van der Waals surface area contributed by atoms with Crippen molar-refractivity contribution in [3.63, 3.8) is 0 Å². The highest BCUT2D eigenvalue weighted by molar-refractivity contribution is 7.15. The van der Waals surface area contributed by atoms with Gasteiger partial charge in [-0.2, -0.15) is 0 Å². The van der Waals surface area contributed by atoms with E-state index in [0.717, 1.165) is 15.4 Å². The summed E-state index contributed by atoms with van der Waals surface area (Å²) in [6, 6.07) is 8.06. The quantitative estimate of drug-likeness (QED) is 0.792. The molecule has 0 atom stereocenters. The second kappa shape index (κ2) is 5.31. The number of hydrogen-bond acceptors (Lipinski definition) is 4. The number of ether oxygens (including phenoxy) is 1. The molecule has 1 aromatic carbocycles. The van der Waals surface area contributed by atoms with Crippen LogP contribution in [0.4, 0.5) is 0 Å². The van der Waals surface area contributed by atoms with Gasteiger partial charge in [-0.3, -0.25) is 0 Å². The largest absolute Gasteiger partial charge is 0.461 e. The van der Waals surface area contributed by atoms with E-state index in [1.54, 1.807) is 6.92 Å². The molecule has 0 saturated carbocycles. The first-order valence-corrected chi connectivity index (χ1v) is 6.65. The molecule has 0 radical (unpaired) electrons. The third kappa shape index (κ3) is 2.59. The molecule has 94 valence electrons. The van der Waals surface area contributed by atoms with Crippen molar-refractivity contribution in [2.75, 3.05) is 6.61 Å². The molecule has 1 aromatic heterocycles. The van der Waals surface area contributed by atoms with Gasteiger partial charge in [-0.05, 0) is 26.3 Å². The minimum Gasteiger partial charge on any atom is -0.461 e. The molecule has 2 rings (SSSR count). The lowest BCUT2D eigenvalue weighted by Crippen LogP contribution is -2.06. The molecule has 0 fully saturated rings. The van der Waals surface area contributed by atoms with Crippen LogP contribution < -0.4 is 0 Å². The smallest absolute Gasteiger partial charge is 0.358 e. The van der Waals surface area contributed by atoms with Crippen molar-refractivity contribution in [1.82, 2.24) is 4.98 Å². The van der Waals surface area contributed by atoms with Gasteiger partial charge < -0.3 is 4.74 Å². The molecule has 0 aliphatic heterocycles. The van der Waals surface area contributed by atoms with Gasteiger partial charge in [0, 0.05) is 0 Å². The summed E-state index contributed by atoms with van der Waals surface area (Å²) in [6.45, 7) is 6.09. The van der Waals surface area contributed by atoms with Gasteiger partial charge in [-0.1, -0.05) is 29.8 Å². The van der Waals surface area contributed by atoms with E-state index in [9.17, 15) is 4.79 Å². The van der Waals surface area contributed by atoms with Crippen LogP contribution in [0.25, 0.3) is 10.4 Å². The van der Waals surface area contributed by atoms with Crippen LogP contribution in [0, 0.1) is 13.8 Å². The zero-order chi connectivity index (χ0) is 13.1. The van der Waals surface area contributed by atoms with Gasteiger partial charge in [0.25, 0.3) is 0 Å². The Hall–Kier alpha value is -1.68. The Kier molecular flexibility index (Phi) is 3.77. The Balaban J connectivity index is 2.44. The minimum atomic E-state index is -0.350. The standard InChI is InChI=1S/C14H15NO2S/c1-4-17-14(16)12-13(18-10(3)15-12)11-7-5-9(2)6-8-11/h5-8H,4H2,1-3H3. The topological polar surface area (TPSA) is 39.2 Å². The number of benzene rings is 1. The van der Waals surface area contributed by atoms with Crippen LogP contribution in [0.1, 0.15) is 28.0 Å². The molecule has 0 unspecified atom stereocenters. The van der Waals surface area contributed by atoms with Gasteiger partial charge in [0.05, 0.1) is 16.5 Å². The van der Waals surface area contributed by atoms with Crippen molar-refractivity contribution in [2.45, 2.75) is 20.8 Å². The van der Waals surface area contributed by atoms with Gasteiger partial charge >= 0.3 is 5.97 Å². The van der Waals surface area contributed by atoms with E-state index in [1.807, 2.05) is 38.1 Å². The molecule has 0 aliphatic carbocycles. The van der Waals surface area contributed by atoms with Crippen molar-refractivity contribution < 1.29 is 9.53 Å². The molecule has 0 bridgehead atoms. The Morgan fingerprint density at radius 1 is 1.28 bits per heavy atom. The van der Waals surface area contributed by atoms with E-state index in [2.05, 4.69) is 4.98 Å². The highest BCUT2D eigenvalue weighted by Crippen LogP contribution is 2.30. The minimum absolute atomic E-state index is 0.350. The first-order chi connectivity index (χ1) is 8.61. The number of carbonyl (C=O) groups is 1. The molecule has 18 heavy (non-hydrogen) atoms. The fourth-order valence-corrected chi connectivity index (χ4v) is 2.58. The molecule has 0 spiro atoms. The van der Waals surface area contributed by atoms with Crippen molar-refractivity contribution in [3.05, 3.63) is 40.5 Å². The molecule has 4 heteroatoms. The van der Waals surface area contributed by atoms with Crippen LogP contribution in [-0.2, 0) is 4.74 Å². The molecule has 3 nitrogen and oxygen atoms in total.